The molecule has 2 heterocycles. The van der Waals surface area contributed by atoms with Crippen molar-refractivity contribution in [2.75, 3.05) is 25.6 Å². The maximum Gasteiger partial charge on any atom is 0.243 e. The summed E-state index contributed by atoms with van der Waals surface area (Å²) in [5.41, 5.74) is 3.66. The van der Waals surface area contributed by atoms with E-state index in [9.17, 15) is 13.2 Å². The smallest absolute Gasteiger partial charge is 0.243 e. The van der Waals surface area contributed by atoms with Crippen LogP contribution in [-0.4, -0.2) is 39.3 Å². The van der Waals surface area contributed by atoms with Crippen LogP contribution in [0.1, 0.15) is 29.7 Å². The van der Waals surface area contributed by atoms with Crippen molar-refractivity contribution in [2.45, 2.75) is 30.7 Å². The standard InChI is InChI=1S/C20H22N2O4S/c1-13-18-12-16(26-3)5-4-14(18)8-9-22(13)27(24,25)17-6-7-19-15(10-17)11-20(23)21(19)2/h4-7,10,12-13H,8-9,11H2,1-3H3. The number of methoxy groups -OCH3 is 1. The Balaban J connectivity index is 1.71. The number of anilines is 1. The number of hydrogen-bond donors (Lipinski definition) is 0. The second-order valence-electron chi connectivity index (χ2n) is 7.03. The lowest BCUT2D eigenvalue weighted by Gasteiger charge is -2.34. The van der Waals surface area contributed by atoms with E-state index >= 15 is 0 Å². The Morgan fingerprint density at radius 1 is 1.11 bits per heavy atom. The molecule has 0 radical (unpaired) electrons. The Hall–Kier alpha value is -2.38. The highest BCUT2D eigenvalue weighted by Gasteiger charge is 2.35. The molecule has 1 unspecified atom stereocenters. The number of benzene rings is 2. The van der Waals surface area contributed by atoms with Gasteiger partial charge in [0.2, 0.25) is 15.9 Å². The summed E-state index contributed by atoms with van der Waals surface area (Å²) in [5, 5.41) is 0. The molecule has 0 aliphatic carbocycles. The first-order chi connectivity index (χ1) is 12.8. The predicted octanol–water partition coefficient (Wildman–Crippen LogP) is 2.52. The van der Waals surface area contributed by atoms with E-state index in [2.05, 4.69) is 0 Å². The lowest BCUT2D eigenvalue weighted by atomic mass is 9.95. The first kappa shape index (κ1) is 18.0. The first-order valence-corrected chi connectivity index (χ1v) is 10.3. The minimum absolute atomic E-state index is 0.0214. The fraction of sp³-hybridized carbons (Fsp3) is 0.350. The van der Waals surface area contributed by atoms with Gasteiger partial charge in [-0.15, -0.1) is 0 Å². The van der Waals surface area contributed by atoms with Gasteiger partial charge in [-0.25, -0.2) is 8.42 Å². The number of carbonyl (C=O) groups excluding carboxylic acids is 1. The Morgan fingerprint density at radius 3 is 2.63 bits per heavy atom. The van der Waals surface area contributed by atoms with Crippen LogP contribution in [0, 0.1) is 0 Å². The minimum atomic E-state index is -3.67. The van der Waals surface area contributed by atoms with Crippen LogP contribution in [-0.2, 0) is 27.7 Å². The van der Waals surface area contributed by atoms with E-state index in [1.165, 1.54) is 4.31 Å². The fourth-order valence-electron chi connectivity index (χ4n) is 3.97. The number of likely N-dealkylation sites (N-methyl/N-ethyl adjacent to an activating group) is 1. The third-order valence-corrected chi connectivity index (χ3v) is 7.54. The highest BCUT2D eigenvalue weighted by Crippen LogP contribution is 2.37. The van der Waals surface area contributed by atoms with Crippen LogP contribution < -0.4 is 9.64 Å². The molecule has 1 atom stereocenters. The molecule has 2 aromatic carbocycles. The lowest BCUT2D eigenvalue weighted by Crippen LogP contribution is -2.38. The van der Waals surface area contributed by atoms with Crippen molar-refractivity contribution in [2.24, 2.45) is 0 Å². The summed E-state index contributed by atoms with van der Waals surface area (Å²) in [7, 11) is -0.356. The summed E-state index contributed by atoms with van der Waals surface area (Å²) in [4.78, 5) is 13.7. The van der Waals surface area contributed by atoms with Crippen molar-refractivity contribution < 1.29 is 17.9 Å². The summed E-state index contributed by atoms with van der Waals surface area (Å²) < 4.78 is 33.5. The van der Waals surface area contributed by atoms with E-state index in [4.69, 9.17) is 4.74 Å². The molecular weight excluding hydrogens is 364 g/mol. The van der Waals surface area contributed by atoms with E-state index in [1.807, 2.05) is 25.1 Å². The van der Waals surface area contributed by atoms with E-state index in [0.29, 0.717) is 13.0 Å². The Morgan fingerprint density at radius 2 is 1.89 bits per heavy atom. The van der Waals surface area contributed by atoms with Crippen LogP contribution in [0.2, 0.25) is 0 Å². The summed E-state index contributed by atoms with van der Waals surface area (Å²) in [6.07, 6.45) is 0.903. The fourth-order valence-corrected chi connectivity index (χ4v) is 5.63. The van der Waals surface area contributed by atoms with Gasteiger partial charge < -0.3 is 9.64 Å². The number of fused-ring (bicyclic) bond motifs is 2. The van der Waals surface area contributed by atoms with Crippen molar-refractivity contribution >= 4 is 21.6 Å². The molecule has 0 bridgehead atoms. The third kappa shape index (κ3) is 2.82. The number of sulfonamides is 1. The van der Waals surface area contributed by atoms with Gasteiger partial charge in [-0.3, -0.25) is 4.79 Å². The lowest BCUT2D eigenvalue weighted by molar-refractivity contribution is -0.117. The normalized spacial score (nSPS) is 19.7. The van der Waals surface area contributed by atoms with Crippen LogP contribution in [0.5, 0.6) is 5.75 Å². The number of carbonyl (C=O) groups is 1. The highest BCUT2D eigenvalue weighted by atomic mass is 32.2. The van der Waals surface area contributed by atoms with Gasteiger partial charge in [0.05, 0.1) is 18.4 Å². The van der Waals surface area contributed by atoms with Crippen molar-refractivity contribution in [3.8, 4) is 5.75 Å². The molecule has 4 rings (SSSR count). The Bertz CT molecular complexity index is 1030. The molecule has 142 valence electrons. The number of hydrogen-bond acceptors (Lipinski definition) is 4. The van der Waals surface area contributed by atoms with Crippen molar-refractivity contribution in [1.82, 2.24) is 4.31 Å². The summed E-state index contributed by atoms with van der Waals surface area (Å²) in [6, 6.07) is 10.5. The molecule has 2 aromatic rings. The summed E-state index contributed by atoms with van der Waals surface area (Å²) in [6.45, 7) is 2.33. The van der Waals surface area contributed by atoms with Gasteiger partial charge in [-0.05, 0) is 60.4 Å². The summed E-state index contributed by atoms with van der Waals surface area (Å²) in [5.74, 6) is 0.700. The Kier molecular flexibility index (Phi) is 4.24. The monoisotopic (exact) mass is 386 g/mol. The molecule has 7 heteroatoms. The van der Waals surface area contributed by atoms with Crippen molar-refractivity contribution in [3.63, 3.8) is 0 Å². The minimum Gasteiger partial charge on any atom is -0.497 e. The quantitative estimate of drug-likeness (QED) is 0.813. The molecule has 0 spiro atoms. The highest BCUT2D eigenvalue weighted by molar-refractivity contribution is 7.89. The zero-order valence-electron chi connectivity index (χ0n) is 15.6. The maximum atomic E-state index is 13.3. The largest absolute Gasteiger partial charge is 0.497 e. The Labute approximate surface area is 159 Å². The van der Waals surface area contributed by atoms with E-state index in [0.717, 1.165) is 28.1 Å². The van der Waals surface area contributed by atoms with E-state index < -0.39 is 10.0 Å². The molecule has 27 heavy (non-hydrogen) atoms. The van der Waals surface area contributed by atoms with Gasteiger partial charge in [0.15, 0.2) is 0 Å². The van der Waals surface area contributed by atoms with Gasteiger partial charge in [0.25, 0.3) is 0 Å². The number of nitrogens with zero attached hydrogens (tertiary/aromatic N) is 2. The van der Waals surface area contributed by atoms with Crippen molar-refractivity contribution in [3.05, 3.63) is 53.1 Å². The van der Waals surface area contributed by atoms with Crippen LogP contribution >= 0.6 is 0 Å². The second kappa shape index (κ2) is 6.35. The number of ether oxygens (including phenoxy) is 1. The first-order valence-electron chi connectivity index (χ1n) is 8.91. The SMILES string of the molecule is COc1ccc2c(c1)C(C)N(S(=O)(=O)c1ccc3c(c1)CC(=O)N3C)CC2. The van der Waals surface area contributed by atoms with Gasteiger partial charge in [0, 0.05) is 25.3 Å². The van der Waals surface area contributed by atoms with Crippen LogP contribution in [0.3, 0.4) is 0 Å². The molecule has 0 N–H and O–H groups in total. The number of amides is 1. The summed E-state index contributed by atoms with van der Waals surface area (Å²) >= 11 is 0. The van der Waals surface area contributed by atoms with Gasteiger partial charge >= 0.3 is 0 Å². The maximum absolute atomic E-state index is 13.3. The van der Waals surface area contributed by atoms with Crippen LogP contribution in [0.15, 0.2) is 41.3 Å². The zero-order chi connectivity index (χ0) is 19.3. The van der Waals surface area contributed by atoms with E-state index in [-0.39, 0.29) is 23.3 Å². The number of rotatable bonds is 3. The second-order valence-corrected chi connectivity index (χ2v) is 8.92. The van der Waals surface area contributed by atoms with Gasteiger partial charge in [0.1, 0.15) is 5.75 Å². The molecule has 0 saturated heterocycles. The average Bonchev–Trinajstić information content (AvgIpc) is 2.95. The van der Waals surface area contributed by atoms with Crippen LogP contribution in [0.4, 0.5) is 5.69 Å². The zero-order valence-corrected chi connectivity index (χ0v) is 16.4. The molecule has 1 amide bonds. The molecular formula is C20H22N2O4S. The van der Waals surface area contributed by atoms with E-state index in [1.54, 1.807) is 37.3 Å². The predicted molar refractivity (Wildman–Crippen MR) is 103 cm³/mol. The molecule has 0 fully saturated rings. The third-order valence-electron chi connectivity index (χ3n) is 5.57. The van der Waals surface area contributed by atoms with Crippen LogP contribution in [0.25, 0.3) is 0 Å². The van der Waals surface area contributed by atoms with Gasteiger partial charge in [-0.2, -0.15) is 4.31 Å². The molecule has 2 aliphatic heterocycles. The molecule has 0 saturated carbocycles. The topological polar surface area (TPSA) is 66.9 Å². The molecule has 2 aliphatic rings. The van der Waals surface area contributed by atoms with Crippen molar-refractivity contribution in [1.29, 1.82) is 0 Å². The molecule has 0 aromatic heterocycles. The van der Waals surface area contributed by atoms with Gasteiger partial charge in [-0.1, -0.05) is 6.07 Å². The average molecular weight is 386 g/mol. The molecule has 6 nitrogen and oxygen atoms in total.